The van der Waals surface area contributed by atoms with Gasteiger partial charge in [-0.15, -0.1) is 11.3 Å². The second-order valence-corrected chi connectivity index (χ2v) is 5.42. The number of hydrogen-bond acceptors (Lipinski definition) is 3. The molecule has 0 saturated carbocycles. The van der Waals surface area contributed by atoms with E-state index in [2.05, 4.69) is 24.0 Å². The summed E-state index contributed by atoms with van der Waals surface area (Å²) in [5, 5.41) is 2.75. The van der Waals surface area contributed by atoms with Crippen molar-refractivity contribution in [2.75, 3.05) is 18.0 Å². The first kappa shape index (κ1) is 13.4. The summed E-state index contributed by atoms with van der Waals surface area (Å²) in [4.78, 5) is 3.52. The van der Waals surface area contributed by atoms with Gasteiger partial charge in [0.15, 0.2) is 0 Å². The molecule has 0 aliphatic heterocycles. The minimum atomic E-state index is 0.190. The quantitative estimate of drug-likeness (QED) is 0.899. The monoisotopic (exact) mass is 280 g/mol. The summed E-state index contributed by atoms with van der Waals surface area (Å²) in [6.45, 7) is 3.64. The topological polar surface area (TPSA) is 29.3 Å². The first-order valence-corrected chi connectivity index (χ1v) is 7.27. The second kappa shape index (κ2) is 6.23. The van der Waals surface area contributed by atoms with Crippen LogP contribution in [0.3, 0.4) is 0 Å². The van der Waals surface area contributed by atoms with Crippen LogP contribution in [0.4, 0.5) is 5.69 Å². The van der Waals surface area contributed by atoms with Crippen LogP contribution in [0, 0.1) is 0 Å². The Morgan fingerprint density at radius 2 is 2.06 bits per heavy atom. The average Bonchev–Trinajstić information content (AvgIpc) is 2.83. The zero-order valence-electron chi connectivity index (χ0n) is 10.3. The van der Waals surface area contributed by atoms with E-state index in [0.29, 0.717) is 6.54 Å². The van der Waals surface area contributed by atoms with Crippen molar-refractivity contribution < 1.29 is 0 Å². The van der Waals surface area contributed by atoms with Crippen molar-refractivity contribution in [3.8, 4) is 0 Å². The molecule has 0 bridgehead atoms. The molecule has 4 heteroatoms. The highest BCUT2D eigenvalue weighted by Gasteiger charge is 2.19. The summed E-state index contributed by atoms with van der Waals surface area (Å²) in [5.74, 6) is 0. The summed E-state index contributed by atoms with van der Waals surface area (Å²) >= 11 is 7.67. The molecule has 0 spiro atoms. The number of likely N-dealkylation sites (N-methyl/N-ethyl adjacent to an activating group) is 1. The normalized spacial score (nSPS) is 12.4. The molecule has 1 aromatic heterocycles. The van der Waals surface area contributed by atoms with E-state index in [1.165, 1.54) is 10.6 Å². The molecular formula is C14H17ClN2S. The first-order chi connectivity index (χ1) is 8.76. The molecule has 1 unspecified atom stereocenters. The lowest BCUT2D eigenvalue weighted by atomic mass is 10.1. The van der Waals surface area contributed by atoms with Gasteiger partial charge in [0.25, 0.3) is 0 Å². The lowest BCUT2D eigenvalue weighted by Gasteiger charge is -2.31. The molecule has 0 radical (unpaired) electrons. The van der Waals surface area contributed by atoms with Crippen LogP contribution in [0.1, 0.15) is 17.8 Å². The Labute approximate surface area is 117 Å². The van der Waals surface area contributed by atoms with Crippen LogP contribution in [-0.4, -0.2) is 13.1 Å². The van der Waals surface area contributed by atoms with E-state index < -0.39 is 0 Å². The number of hydrogen-bond donors (Lipinski definition) is 1. The number of thiophene rings is 1. The molecule has 2 nitrogen and oxygen atoms in total. The van der Waals surface area contributed by atoms with Crippen LogP contribution in [0.2, 0.25) is 5.02 Å². The number of anilines is 1. The average molecular weight is 281 g/mol. The fraction of sp³-hybridized carbons (Fsp3) is 0.286. The number of halogens is 1. The van der Waals surface area contributed by atoms with Gasteiger partial charge in [0.1, 0.15) is 0 Å². The van der Waals surface area contributed by atoms with Crippen molar-refractivity contribution in [2.45, 2.75) is 13.0 Å². The Morgan fingerprint density at radius 3 is 2.56 bits per heavy atom. The lowest BCUT2D eigenvalue weighted by Crippen LogP contribution is -2.33. The van der Waals surface area contributed by atoms with Gasteiger partial charge < -0.3 is 10.6 Å². The molecule has 0 fully saturated rings. The molecule has 2 aromatic rings. The van der Waals surface area contributed by atoms with Crippen LogP contribution in [0.15, 0.2) is 41.8 Å². The molecular weight excluding hydrogens is 264 g/mol. The minimum absolute atomic E-state index is 0.190. The SMILES string of the molecule is CCN(c1ccccc1)C(CN)c1cc(Cl)cs1. The van der Waals surface area contributed by atoms with Crippen molar-refractivity contribution >= 4 is 28.6 Å². The van der Waals surface area contributed by atoms with E-state index >= 15 is 0 Å². The number of benzene rings is 1. The van der Waals surface area contributed by atoms with Gasteiger partial charge in [-0.25, -0.2) is 0 Å². The third-order valence-corrected chi connectivity index (χ3v) is 4.33. The molecule has 0 amide bonds. The van der Waals surface area contributed by atoms with E-state index in [1.807, 2.05) is 29.6 Å². The van der Waals surface area contributed by atoms with E-state index in [9.17, 15) is 0 Å². The van der Waals surface area contributed by atoms with Gasteiger partial charge in [0.05, 0.1) is 11.1 Å². The van der Waals surface area contributed by atoms with Gasteiger partial charge in [-0.05, 0) is 25.1 Å². The summed E-state index contributed by atoms with van der Waals surface area (Å²) < 4.78 is 0. The third-order valence-electron chi connectivity index (χ3n) is 2.94. The van der Waals surface area contributed by atoms with Gasteiger partial charge in [-0.1, -0.05) is 29.8 Å². The van der Waals surface area contributed by atoms with Gasteiger partial charge in [-0.3, -0.25) is 0 Å². The third kappa shape index (κ3) is 2.86. The second-order valence-electron chi connectivity index (χ2n) is 4.04. The number of para-hydroxylation sites is 1. The summed E-state index contributed by atoms with van der Waals surface area (Å²) in [6.07, 6.45) is 0. The fourth-order valence-corrected chi connectivity index (χ4v) is 3.31. The standard InChI is InChI=1S/C14H17ClN2S/c1-2-17(12-6-4-3-5-7-12)13(9-16)14-8-11(15)10-18-14/h3-8,10,13H,2,9,16H2,1H3. The van der Waals surface area contributed by atoms with Crippen LogP contribution in [0.25, 0.3) is 0 Å². The molecule has 96 valence electrons. The highest BCUT2D eigenvalue weighted by Crippen LogP contribution is 2.31. The van der Waals surface area contributed by atoms with Gasteiger partial charge in [0, 0.05) is 29.0 Å². The lowest BCUT2D eigenvalue weighted by molar-refractivity contribution is 0.653. The largest absolute Gasteiger partial charge is 0.363 e. The first-order valence-electron chi connectivity index (χ1n) is 6.02. The van der Waals surface area contributed by atoms with Crippen LogP contribution in [0.5, 0.6) is 0 Å². The van der Waals surface area contributed by atoms with E-state index in [4.69, 9.17) is 17.3 Å². The molecule has 1 atom stereocenters. The maximum atomic E-state index is 6.01. The molecule has 2 N–H and O–H groups in total. The zero-order chi connectivity index (χ0) is 13.0. The maximum Gasteiger partial charge on any atom is 0.0757 e. The Balaban J connectivity index is 2.30. The molecule has 2 rings (SSSR count). The number of nitrogens with zero attached hydrogens (tertiary/aromatic N) is 1. The van der Waals surface area contributed by atoms with Crippen molar-refractivity contribution in [3.63, 3.8) is 0 Å². The van der Waals surface area contributed by atoms with Crippen LogP contribution < -0.4 is 10.6 Å². The van der Waals surface area contributed by atoms with Crippen LogP contribution in [-0.2, 0) is 0 Å². The Morgan fingerprint density at radius 1 is 1.33 bits per heavy atom. The molecule has 1 aromatic carbocycles. The predicted molar refractivity (Wildman–Crippen MR) is 80.6 cm³/mol. The smallest absolute Gasteiger partial charge is 0.0757 e. The van der Waals surface area contributed by atoms with E-state index in [1.54, 1.807) is 11.3 Å². The minimum Gasteiger partial charge on any atom is -0.363 e. The number of nitrogens with two attached hydrogens (primary N) is 1. The highest BCUT2D eigenvalue weighted by atomic mass is 35.5. The highest BCUT2D eigenvalue weighted by molar-refractivity contribution is 7.10. The molecule has 0 aliphatic rings. The molecule has 1 heterocycles. The maximum absolute atomic E-state index is 6.01. The van der Waals surface area contributed by atoms with E-state index in [0.717, 1.165) is 11.6 Å². The van der Waals surface area contributed by atoms with Gasteiger partial charge >= 0.3 is 0 Å². The fourth-order valence-electron chi connectivity index (χ4n) is 2.10. The Bertz CT molecular complexity index is 484. The number of rotatable bonds is 5. The van der Waals surface area contributed by atoms with Crippen molar-refractivity contribution in [3.05, 3.63) is 51.7 Å². The molecule has 0 saturated heterocycles. The van der Waals surface area contributed by atoms with Crippen molar-refractivity contribution in [1.82, 2.24) is 0 Å². The van der Waals surface area contributed by atoms with Gasteiger partial charge in [0.2, 0.25) is 0 Å². The predicted octanol–water partition coefficient (Wildman–Crippen LogP) is 3.93. The summed E-state index contributed by atoms with van der Waals surface area (Å²) in [6, 6.07) is 12.5. The van der Waals surface area contributed by atoms with Gasteiger partial charge in [-0.2, -0.15) is 0 Å². The van der Waals surface area contributed by atoms with Crippen molar-refractivity contribution in [1.29, 1.82) is 0 Å². The summed E-state index contributed by atoms with van der Waals surface area (Å²) in [7, 11) is 0. The Kier molecular flexibility index (Phi) is 4.64. The van der Waals surface area contributed by atoms with Crippen LogP contribution >= 0.6 is 22.9 Å². The van der Waals surface area contributed by atoms with E-state index in [-0.39, 0.29) is 6.04 Å². The molecule has 18 heavy (non-hydrogen) atoms. The van der Waals surface area contributed by atoms with Crippen molar-refractivity contribution in [2.24, 2.45) is 5.73 Å². The zero-order valence-corrected chi connectivity index (χ0v) is 11.9. The molecule has 0 aliphatic carbocycles. The summed E-state index contributed by atoms with van der Waals surface area (Å²) in [5.41, 5.74) is 7.14. The Hall–Kier alpha value is -1.03.